The van der Waals surface area contributed by atoms with E-state index >= 15 is 0 Å². The van der Waals surface area contributed by atoms with Gasteiger partial charge in [-0.3, -0.25) is 0 Å². The van der Waals surface area contributed by atoms with Crippen molar-refractivity contribution >= 4 is 22.8 Å². The molecule has 3 aromatic heterocycles. The quantitative estimate of drug-likeness (QED) is 0.777. The van der Waals surface area contributed by atoms with Crippen molar-refractivity contribution in [3.8, 4) is 10.4 Å². The molecule has 0 atom stereocenters. The lowest BCUT2D eigenvalue weighted by Crippen LogP contribution is -2.13. The van der Waals surface area contributed by atoms with E-state index in [9.17, 15) is 0 Å². The molecular formula is C16H18N4OS. The summed E-state index contributed by atoms with van der Waals surface area (Å²) in [6.45, 7) is 2.67. The van der Waals surface area contributed by atoms with Crippen LogP contribution in [-0.2, 0) is 12.8 Å². The van der Waals surface area contributed by atoms with Crippen molar-refractivity contribution in [2.45, 2.75) is 26.2 Å². The van der Waals surface area contributed by atoms with E-state index in [4.69, 9.17) is 15.2 Å². The van der Waals surface area contributed by atoms with Crippen LogP contribution in [0, 0.1) is 6.92 Å². The molecule has 0 amide bonds. The van der Waals surface area contributed by atoms with Crippen LogP contribution in [0.1, 0.15) is 23.4 Å². The molecule has 0 bridgehead atoms. The maximum atomic E-state index is 9.15. The first-order valence-corrected chi connectivity index (χ1v) is 8.47. The number of aryl methyl sites for hydroxylation is 2. The fraction of sp³-hybridized carbons (Fsp3) is 0.375. The summed E-state index contributed by atoms with van der Waals surface area (Å²) in [4.78, 5) is 6.11. The summed E-state index contributed by atoms with van der Waals surface area (Å²) in [5.74, 6) is 0.998. The molecule has 0 saturated heterocycles. The minimum absolute atomic E-state index is 0.108. The minimum atomic E-state index is 0.108. The zero-order valence-corrected chi connectivity index (χ0v) is 13.3. The first kappa shape index (κ1) is 13.7. The molecule has 3 aromatic rings. The summed E-state index contributed by atoms with van der Waals surface area (Å²) < 4.78 is 1.92. The van der Waals surface area contributed by atoms with Crippen molar-refractivity contribution in [3.63, 3.8) is 0 Å². The average molecular weight is 314 g/mol. The van der Waals surface area contributed by atoms with Gasteiger partial charge in [0.25, 0.3) is 0 Å². The molecule has 5 nitrogen and oxygen atoms in total. The zero-order chi connectivity index (χ0) is 15.1. The molecule has 0 radical (unpaired) electrons. The fourth-order valence-corrected chi connectivity index (χ4v) is 4.02. The second-order valence-corrected chi connectivity index (χ2v) is 6.51. The van der Waals surface area contributed by atoms with Crippen molar-refractivity contribution in [1.29, 1.82) is 0 Å². The first-order valence-electron chi connectivity index (χ1n) is 7.59. The Bertz CT molecular complexity index is 823. The Morgan fingerprint density at radius 2 is 2.32 bits per heavy atom. The standard InChI is InChI=1S/C16H18N4OS/c1-10-14(13-6-3-9-22-13)16-18-12-5-2-4-11(12)15(17-7-8-21)20(16)19-10/h3,6,9,17,21H,2,4-5,7-8H2,1H3. The van der Waals surface area contributed by atoms with E-state index in [0.717, 1.165) is 42.0 Å². The third-order valence-corrected chi connectivity index (χ3v) is 5.02. The molecule has 0 aromatic carbocycles. The van der Waals surface area contributed by atoms with E-state index < -0.39 is 0 Å². The molecule has 0 spiro atoms. The Labute approximate surface area is 132 Å². The van der Waals surface area contributed by atoms with Crippen molar-refractivity contribution in [2.24, 2.45) is 0 Å². The molecule has 0 fully saturated rings. The highest BCUT2D eigenvalue weighted by molar-refractivity contribution is 7.13. The highest BCUT2D eigenvalue weighted by Crippen LogP contribution is 2.35. The predicted octanol–water partition coefficient (Wildman–Crippen LogP) is 2.66. The molecule has 1 aliphatic rings. The topological polar surface area (TPSA) is 62.5 Å². The van der Waals surface area contributed by atoms with E-state index in [2.05, 4.69) is 22.8 Å². The van der Waals surface area contributed by atoms with Crippen LogP contribution in [-0.4, -0.2) is 32.9 Å². The number of hydrogen-bond donors (Lipinski definition) is 2. The molecule has 114 valence electrons. The van der Waals surface area contributed by atoms with Gasteiger partial charge in [-0.1, -0.05) is 6.07 Å². The van der Waals surface area contributed by atoms with Crippen LogP contribution in [0.25, 0.3) is 16.1 Å². The van der Waals surface area contributed by atoms with Gasteiger partial charge in [0.2, 0.25) is 0 Å². The van der Waals surface area contributed by atoms with Gasteiger partial charge < -0.3 is 10.4 Å². The number of thiophene rings is 1. The van der Waals surface area contributed by atoms with Gasteiger partial charge in [-0.25, -0.2) is 4.98 Å². The average Bonchev–Trinajstić information content (AvgIpc) is 3.21. The second-order valence-electron chi connectivity index (χ2n) is 5.56. The smallest absolute Gasteiger partial charge is 0.166 e. The van der Waals surface area contributed by atoms with Gasteiger partial charge >= 0.3 is 0 Å². The van der Waals surface area contributed by atoms with Crippen molar-refractivity contribution in [1.82, 2.24) is 14.6 Å². The van der Waals surface area contributed by atoms with Gasteiger partial charge in [-0.05, 0) is 37.6 Å². The van der Waals surface area contributed by atoms with E-state index in [1.54, 1.807) is 11.3 Å². The summed E-state index contributed by atoms with van der Waals surface area (Å²) in [5.41, 5.74) is 5.45. The number of hydrogen-bond acceptors (Lipinski definition) is 5. The van der Waals surface area contributed by atoms with Crippen LogP contribution in [0.2, 0.25) is 0 Å². The lowest BCUT2D eigenvalue weighted by atomic mass is 10.2. The third kappa shape index (κ3) is 2.02. The Morgan fingerprint density at radius 1 is 1.41 bits per heavy atom. The van der Waals surface area contributed by atoms with Gasteiger partial charge in [0, 0.05) is 22.7 Å². The number of aromatic nitrogens is 3. The maximum Gasteiger partial charge on any atom is 0.166 e. The molecule has 1 aliphatic carbocycles. The predicted molar refractivity (Wildman–Crippen MR) is 88.6 cm³/mol. The summed E-state index contributed by atoms with van der Waals surface area (Å²) in [6, 6.07) is 4.17. The number of fused-ring (bicyclic) bond motifs is 2. The molecule has 4 rings (SSSR count). The highest BCUT2D eigenvalue weighted by Gasteiger charge is 2.24. The SMILES string of the molecule is Cc1nn2c(NCCO)c3c(nc2c1-c1cccs1)CCC3. The Kier molecular flexibility index (Phi) is 3.35. The molecule has 0 unspecified atom stereocenters. The zero-order valence-electron chi connectivity index (χ0n) is 12.5. The molecule has 22 heavy (non-hydrogen) atoms. The van der Waals surface area contributed by atoms with Crippen LogP contribution in [0.4, 0.5) is 5.82 Å². The van der Waals surface area contributed by atoms with Crippen molar-refractivity contribution in [2.75, 3.05) is 18.5 Å². The van der Waals surface area contributed by atoms with Crippen LogP contribution < -0.4 is 5.32 Å². The third-order valence-electron chi connectivity index (χ3n) is 4.14. The van der Waals surface area contributed by atoms with Crippen LogP contribution in [0.15, 0.2) is 17.5 Å². The summed E-state index contributed by atoms with van der Waals surface area (Å²) in [6.07, 6.45) is 3.18. The maximum absolute atomic E-state index is 9.15. The van der Waals surface area contributed by atoms with Gasteiger partial charge in [0.1, 0.15) is 5.82 Å². The Morgan fingerprint density at radius 3 is 3.09 bits per heavy atom. The number of nitrogens with zero attached hydrogens (tertiary/aromatic N) is 3. The molecular weight excluding hydrogens is 296 g/mol. The number of nitrogens with one attached hydrogen (secondary N) is 1. The molecule has 3 heterocycles. The summed E-state index contributed by atoms with van der Waals surface area (Å²) >= 11 is 1.71. The van der Waals surface area contributed by atoms with E-state index in [-0.39, 0.29) is 6.61 Å². The lowest BCUT2D eigenvalue weighted by molar-refractivity contribution is 0.311. The van der Waals surface area contributed by atoms with Crippen LogP contribution in [0.5, 0.6) is 0 Å². The number of aliphatic hydroxyl groups is 1. The summed E-state index contributed by atoms with van der Waals surface area (Å²) in [5, 5.41) is 19.3. The van der Waals surface area contributed by atoms with E-state index in [0.29, 0.717) is 6.54 Å². The second kappa shape index (κ2) is 5.37. The van der Waals surface area contributed by atoms with Gasteiger partial charge in [0.05, 0.1) is 17.9 Å². The fourth-order valence-electron chi connectivity index (χ4n) is 3.20. The lowest BCUT2D eigenvalue weighted by Gasteiger charge is -2.12. The number of aliphatic hydroxyl groups excluding tert-OH is 1. The first-order chi connectivity index (χ1) is 10.8. The normalized spacial score (nSPS) is 13.7. The van der Waals surface area contributed by atoms with Gasteiger partial charge in [-0.15, -0.1) is 11.3 Å². The minimum Gasteiger partial charge on any atom is -0.395 e. The van der Waals surface area contributed by atoms with Crippen molar-refractivity contribution in [3.05, 3.63) is 34.5 Å². The van der Waals surface area contributed by atoms with E-state index in [1.165, 1.54) is 16.1 Å². The Balaban J connectivity index is 1.99. The van der Waals surface area contributed by atoms with Gasteiger partial charge in [-0.2, -0.15) is 9.61 Å². The monoisotopic (exact) mass is 314 g/mol. The van der Waals surface area contributed by atoms with Crippen LogP contribution >= 0.6 is 11.3 Å². The number of anilines is 1. The molecule has 0 saturated carbocycles. The number of rotatable bonds is 4. The highest BCUT2D eigenvalue weighted by atomic mass is 32.1. The molecule has 0 aliphatic heterocycles. The Hall–Kier alpha value is -1.92. The van der Waals surface area contributed by atoms with Gasteiger partial charge in [0.15, 0.2) is 5.65 Å². The molecule has 2 N–H and O–H groups in total. The summed E-state index contributed by atoms with van der Waals surface area (Å²) in [7, 11) is 0. The molecule has 6 heteroatoms. The van der Waals surface area contributed by atoms with Crippen LogP contribution in [0.3, 0.4) is 0 Å². The van der Waals surface area contributed by atoms with E-state index in [1.807, 2.05) is 11.4 Å². The van der Waals surface area contributed by atoms with Crippen molar-refractivity contribution < 1.29 is 5.11 Å². The largest absolute Gasteiger partial charge is 0.395 e.